The summed E-state index contributed by atoms with van der Waals surface area (Å²) in [5.74, 6) is 0.649. The summed E-state index contributed by atoms with van der Waals surface area (Å²) in [7, 11) is 0. The first-order valence-electron chi connectivity index (χ1n) is 7.41. The van der Waals surface area contributed by atoms with Gasteiger partial charge in [-0.05, 0) is 25.3 Å². The summed E-state index contributed by atoms with van der Waals surface area (Å²) >= 11 is 6.03. The Morgan fingerprint density at radius 3 is 2.65 bits per heavy atom. The number of nitrogens with one attached hydrogen (secondary N) is 1. The van der Waals surface area contributed by atoms with Crippen LogP contribution in [-0.4, -0.2) is 17.4 Å². The molecule has 0 bridgehead atoms. The summed E-state index contributed by atoms with van der Waals surface area (Å²) in [6.45, 7) is 7.05. The van der Waals surface area contributed by atoms with E-state index >= 15 is 0 Å². The zero-order valence-electron chi connectivity index (χ0n) is 12.7. The molecule has 1 heterocycles. The van der Waals surface area contributed by atoms with Gasteiger partial charge in [-0.3, -0.25) is 9.78 Å². The Kier molecular flexibility index (Phi) is 7.60. The molecule has 1 aromatic heterocycles. The second kappa shape index (κ2) is 8.96. The molecule has 0 spiro atoms. The molecule has 0 radical (unpaired) electrons. The Morgan fingerprint density at radius 1 is 1.30 bits per heavy atom. The van der Waals surface area contributed by atoms with Gasteiger partial charge in [0.05, 0.1) is 10.6 Å². The van der Waals surface area contributed by atoms with Crippen molar-refractivity contribution in [2.75, 3.05) is 6.54 Å². The molecule has 3 nitrogen and oxygen atoms in total. The van der Waals surface area contributed by atoms with Crippen molar-refractivity contribution < 1.29 is 4.79 Å². The molecular formula is C16H25ClN2O. The highest BCUT2D eigenvalue weighted by molar-refractivity contribution is 6.33. The van der Waals surface area contributed by atoms with Gasteiger partial charge in [-0.25, -0.2) is 0 Å². The number of nitrogens with zero attached hydrogens (tertiary/aromatic N) is 1. The van der Waals surface area contributed by atoms with Gasteiger partial charge in [-0.15, -0.1) is 0 Å². The minimum absolute atomic E-state index is 0.135. The first kappa shape index (κ1) is 17.0. The van der Waals surface area contributed by atoms with Crippen LogP contribution < -0.4 is 5.32 Å². The van der Waals surface area contributed by atoms with E-state index in [-0.39, 0.29) is 5.91 Å². The number of unbranched alkanes of at least 4 members (excludes halogenated alkanes) is 3. The van der Waals surface area contributed by atoms with Crippen molar-refractivity contribution in [3.05, 3.63) is 28.5 Å². The third-order valence-electron chi connectivity index (χ3n) is 3.23. The second-order valence-corrected chi connectivity index (χ2v) is 6.07. The monoisotopic (exact) mass is 296 g/mol. The molecule has 1 amide bonds. The molecule has 0 fully saturated rings. The van der Waals surface area contributed by atoms with Gasteiger partial charge in [0, 0.05) is 18.4 Å². The van der Waals surface area contributed by atoms with Gasteiger partial charge in [0.2, 0.25) is 0 Å². The number of rotatable bonds is 8. The Bertz CT molecular complexity index is 432. The van der Waals surface area contributed by atoms with Gasteiger partial charge < -0.3 is 5.32 Å². The molecule has 0 aliphatic rings. The van der Waals surface area contributed by atoms with Crippen LogP contribution in [0, 0.1) is 12.8 Å². The maximum atomic E-state index is 11.9. The molecule has 0 aliphatic carbocycles. The summed E-state index contributed by atoms with van der Waals surface area (Å²) in [5, 5.41) is 3.36. The fraction of sp³-hybridized carbons (Fsp3) is 0.625. The van der Waals surface area contributed by atoms with Crippen LogP contribution >= 0.6 is 11.6 Å². The predicted octanol–water partition coefficient (Wildman–Crippen LogP) is 4.38. The normalized spacial score (nSPS) is 10.8. The van der Waals surface area contributed by atoms with E-state index in [2.05, 4.69) is 24.1 Å². The zero-order valence-corrected chi connectivity index (χ0v) is 13.5. The van der Waals surface area contributed by atoms with Crippen LogP contribution in [0.3, 0.4) is 0 Å². The summed E-state index contributed by atoms with van der Waals surface area (Å²) in [6.07, 6.45) is 7.51. The molecule has 0 saturated heterocycles. The summed E-state index contributed by atoms with van der Waals surface area (Å²) in [4.78, 5) is 16.0. The highest BCUT2D eigenvalue weighted by Crippen LogP contribution is 2.15. The summed E-state index contributed by atoms with van der Waals surface area (Å²) < 4.78 is 0. The van der Waals surface area contributed by atoms with Crippen LogP contribution in [0.25, 0.3) is 0 Å². The summed E-state index contributed by atoms with van der Waals surface area (Å²) in [6, 6.07) is 1.71. The standard InChI is InChI=1S/C16H25ClN2O/c1-12(2)8-6-4-5-7-9-18-16(20)14-11-19-13(3)10-15(14)17/h10-12H,4-9H2,1-3H3,(H,18,20). The van der Waals surface area contributed by atoms with Gasteiger partial charge in [0.1, 0.15) is 0 Å². The number of pyridine rings is 1. The molecule has 0 saturated carbocycles. The molecule has 0 aliphatic heterocycles. The number of hydrogen-bond acceptors (Lipinski definition) is 2. The number of amides is 1. The Morgan fingerprint density at radius 2 is 2.00 bits per heavy atom. The molecule has 0 unspecified atom stereocenters. The number of aromatic nitrogens is 1. The lowest BCUT2D eigenvalue weighted by Crippen LogP contribution is -2.24. The number of aryl methyl sites for hydroxylation is 1. The predicted molar refractivity (Wildman–Crippen MR) is 84.2 cm³/mol. The van der Waals surface area contributed by atoms with Crippen LogP contribution in [0.15, 0.2) is 12.3 Å². The van der Waals surface area contributed by atoms with Gasteiger partial charge >= 0.3 is 0 Å². The van der Waals surface area contributed by atoms with E-state index in [0.29, 0.717) is 17.1 Å². The van der Waals surface area contributed by atoms with Crippen molar-refractivity contribution >= 4 is 17.5 Å². The van der Waals surface area contributed by atoms with Crippen molar-refractivity contribution in [2.24, 2.45) is 5.92 Å². The first-order valence-corrected chi connectivity index (χ1v) is 7.79. The molecule has 1 N–H and O–H groups in total. The fourth-order valence-electron chi connectivity index (χ4n) is 2.02. The van der Waals surface area contributed by atoms with E-state index in [9.17, 15) is 4.79 Å². The molecule has 1 aromatic rings. The van der Waals surface area contributed by atoms with E-state index in [1.54, 1.807) is 6.07 Å². The minimum Gasteiger partial charge on any atom is -0.352 e. The Balaban J connectivity index is 2.20. The SMILES string of the molecule is Cc1cc(Cl)c(C(=O)NCCCCCCC(C)C)cn1. The molecule has 4 heteroatoms. The highest BCUT2D eigenvalue weighted by Gasteiger charge is 2.10. The first-order chi connectivity index (χ1) is 9.50. The average molecular weight is 297 g/mol. The number of carbonyl (C=O) groups is 1. The van der Waals surface area contributed by atoms with E-state index < -0.39 is 0 Å². The third kappa shape index (κ3) is 6.38. The lowest BCUT2D eigenvalue weighted by molar-refractivity contribution is 0.0952. The van der Waals surface area contributed by atoms with Gasteiger partial charge in [-0.1, -0.05) is 51.1 Å². The van der Waals surface area contributed by atoms with Crippen molar-refractivity contribution in [3.8, 4) is 0 Å². The van der Waals surface area contributed by atoms with E-state index in [1.165, 1.54) is 25.5 Å². The Hall–Kier alpha value is -1.09. The fourth-order valence-corrected chi connectivity index (χ4v) is 2.31. The summed E-state index contributed by atoms with van der Waals surface area (Å²) in [5.41, 5.74) is 1.27. The molecule has 1 rings (SSSR count). The number of halogens is 1. The van der Waals surface area contributed by atoms with E-state index in [1.807, 2.05) is 6.92 Å². The third-order valence-corrected chi connectivity index (χ3v) is 3.54. The van der Waals surface area contributed by atoms with Crippen molar-refractivity contribution in [1.29, 1.82) is 0 Å². The van der Waals surface area contributed by atoms with Crippen LogP contribution in [0.1, 0.15) is 62.0 Å². The molecule has 0 aromatic carbocycles. The Labute approximate surface area is 127 Å². The smallest absolute Gasteiger partial charge is 0.254 e. The van der Waals surface area contributed by atoms with Crippen molar-refractivity contribution in [3.63, 3.8) is 0 Å². The molecular weight excluding hydrogens is 272 g/mol. The topological polar surface area (TPSA) is 42.0 Å². The van der Waals surface area contributed by atoms with Gasteiger partial charge in [0.25, 0.3) is 5.91 Å². The van der Waals surface area contributed by atoms with Crippen molar-refractivity contribution in [1.82, 2.24) is 10.3 Å². The number of carbonyl (C=O) groups excluding carboxylic acids is 1. The van der Waals surface area contributed by atoms with Crippen LogP contribution in [-0.2, 0) is 0 Å². The number of hydrogen-bond donors (Lipinski definition) is 1. The molecule has 112 valence electrons. The van der Waals surface area contributed by atoms with Crippen molar-refractivity contribution in [2.45, 2.75) is 52.9 Å². The van der Waals surface area contributed by atoms with Crippen LogP contribution in [0.5, 0.6) is 0 Å². The maximum Gasteiger partial charge on any atom is 0.254 e. The second-order valence-electron chi connectivity index (χ2n) is 5.66. The van der Waals surface area contributed by atoms with Gasteiger partial charge in [0.15, 0.2) is 0 Å². The van der Waals surface area contributed by atoms with Gasteiger partial charge in [-0.2, -0.15) is 0 Å². The molecule has 20 heavy (non-hydrogen) atoms. The van der Waals surface area contributed by atoms with E-state index in [4.69, 9.17) is 11.6 Å². The zero-order chi connectivity index (χ0) is 15.0. The highest BCUT2D eigenvalue weighted by atomic mass is 35.5. The van der Waals surface area contributed by atoms with E-state index in [0.717, 1.165) is 24.5 Å². The minimum atomic E-state index is -0.135. The van der Waals surface area contributed by atoms with Crippen LogP contribution in [0.4, 0.5) is 0 Å². The largest absolute Gasteiger partial charge is 0.352 e. The quantitative estimate of drug-likeness (QED) is 0.723. The lowest BCUT2D eigenvalue weighted by atomic mass is 10.0. The lowest BCUT2D eigenvalue weighted by Gasteiger charge is -2.07. The maximum absolute atomic E-state index is 11.9. The molecule has 0 atom stereocenters. The van der Waals surface area contributed by atoms with Crippen LogP contribution in [0.2, 0.25) is 5.02 Å². The average Bonchev–Trinajstić information content (AvgIpc) is 2.37.